The minimum Gasteiger partial charge on any atom is -0.493 e. The van der Waals surface area contributed by atoms with Crippen LogP contribution in [0.15, 0.2) is 180 Å². The number of amides is 2. The third kappa shape index (κ3) is 10.1. The van der Waals surface area contributed by atoms with Crippen LogP contribution in [0.2, 0.25) is 0 Å². The summed E-state index contributed by atoms with van der Waals surface area (Å²) in [7, 11) is -3.71. The number of sulfonamides is 1. The van der Waals surface area contributed by atoms with Crippen LogP contribution >= 0.6 is 6.89 Å². The number of carbonyl (C=O) groups excluding carboxylic acids is 2. The number of ether oxygens (including phenoxy) is 2. The molecule has 12 nitrogen and oxygen atoms in total. The highest BCUT2D eigenvalue weighted by Gasteiger charge is 2.72. The van der Waals surface area contributed by atoms with Gasteiger partial charge in [0.25, 0.3) is 5.91 Å². The molecule has 1 aromatic heterocycles. The van der Waals surface area contributed by atoms with Crippen LogP contribution in [-0.4, -0.2) is 83.0 Å². The Bertz CT molecular complexity index is 3230. The van der Waals surface area contributed by atoms with Gasteiger partial charge in [0, 0.05) is 36.3 Å². The van der Waals surface area contributed by atoms with E-state index in [9.17, 15) is 27.9 Å². The van der Waals surface area contributed by atoms with Gasteiger partial charge in [-0.2, -0.15) is 0 Å². The summed E-state index contributed by atoms with van der Waals surface area (Å²) in [5, 5.41) is 12.9. The fourth-order valence-corrected chi connectivity index (χ4v) is 18.6. The summed E-state index contributed by atoms with van der Waals surface area (Å²) in [5.41, 5.74) is 2.31. The fourth-order valence-electron chi connectivity index (χ4n) is 12.3. The van der Waals surface area contributed by atoms with Crippen LogP contribution in [-0.2, 0) is 32.5 Å². The van der Waals surface area contributed by atoms with Gasteiger partial charge in [-0.15, -0.1) is 0 Å². The molecule has 2 aliphatic carbocycles. The van der Waals surface area contributed by atoms with Crippen molar-refractivity contribution >= 4 is 56.6 Å². The first kappa shape index (κ1) is 51.3. The molecule has 386 valence electrons. The second-order valence-electron chi connectivity index (χ2n) is 20.7. The monoisotopic (exact) mass is 1040 g/mol. The van der Waals surface area contributed by atoms with Crippen molar-refractivity contribution in [2.75, 3.05) is 25.4 Å². The minimum absolute atomic E-state index is 0.0791. The molecule has 14 heteroatoms. The number of nitrogens with zero attached hydrogens (tertiary/aromatic N) is 3. The fraction of sp³-hybridized carbons (Fsp3) is 0.295. The SMILES string of the molecule is CC1(C)C2CC[C@@]13CS(=O)(=O)N(C(=O)C=P(c1ccccc1)(c1ccccc1)c1ccccc1)C3C2.Cc1oc(-c2ccccc2)nc1CCOc1cccc(C[C@H]2CN(C(=O)Oc3ccccc3)C[C@@H]2C(=O)O)c1. The smallest absolute Gasteiger partial charge is 0.415 e. The van der Waals surface area contributed by atoms with Gasteiger partial charge in [0.2, 0.25) is 15.9 Å². The Morgan fingerprint density at radius 1 is 0.773 bits per heavy atom. The number of hydrogen-bond donors (Lipinski definition) is 1. The van der Waals surface area contributed by atoms with E-state index >= 15 is 0 Å². The lowest BCUT2D eigenvalue weighted by Crippen LogP contribution is -2.45. The molecule has 75 heavy (non-hydrogen) atoms. The lowest BCUT2D eigenvalue weighted by Gasteiger charge is -2.37. The molecule has 7 aromatic rings. The highest BCUT2D eigenvalue weighted by atomic mass is 32.2. The summed E-state index contributed by atoms with van der Waals surface area (Å²) in [6.07, 6.45) is 3.28. The van der Waals surface area contributed by atoms with Gasteiger partial charge < -0.3 is 23.9 Å². The molecule has 6 aromatic carbocycles. The van der Waals surface area contributed by atoms with E-state index in [1.807, 2.05) is 122 Å². The molecule has 5 atom stereocenters. The first-order valence-electron chi connectivity index (χ1n) is 25.6. The maximum absolute atomic E-state index is 14.3. The molecule has 2 aliphatic heterocycles. The molecule has 11 rings (SSSR count). The standard InChI is InChI=1S/C31H30N2O6.C30H32NO3PS/c1-21-28(32-29(38-21)23-10-4-2-5-11-23)15-16-37-26-14-8-9-22(18-26)17-24-19-33(20-27(24)30(34)35)31(36)39-25-12-6-3-7-13-25;1-29(2)23-18-19-30(29)22-36(33,34)31(27(30)20-23)28(32)21-35(24-12-6-3-7-13-24,25-14-8-4-9-15-25)26-16-10-5-11-17-26/h2-14,18,24,27H,15-17,19-20H2,1H3,(H,34,35);3-17,21,23,27H,18-20,22H2,1-2H3/t24-,27-;23?,27?,30-/m00/s1. The number of oxazole rings is 1. The second-order valence-corrected chi connectivity index (χ2v) is 25.8. The third-order valence-corrected chi connectivity index (χ3v) is 22.2. The van der Waals surface area contributed by atoms with Crippen molar-refractivity contribution in [3.05, 3.63) is 193 Å². The lowest BCUT2D eigenvalue weighted by molar-refractivity contribution is -0.142. The van der Waals surface area contributed by atoms with Crippen LogP contribution in [0.25, 0.3) is 11.5 Å². The number of benzene rings is 6. The van der Waals surface area contributed by atoms with Crippen LogP contribution < -0.4 is 25.4 Å². The van der Waals surface area contributed by atoms with Crippen molar-refractivity contribution in [1.29, 1.82) is 0 Å². The van der Waals surface area contributed by atoms with E-state index in [1.165, 1.54) is 9.21 Å². The van der Waals surface area contributed by atoms with Crippen molar-refractivity contribution in [2.45, 2.75) is 58.9 Å². The first-order valence-corrected chi connectivity index (χ1v) is 29.1. The van der Waals surface area contributed by atoms with Crippen molar-refractivity contribution in [1.82, 2.24) is 14.2 Å². The second kappa shape index (κ2) is 21.2. The van der Waals surface area contributed by atoms with E-state index in [2.05, 4.69) is 55.2 Å². The van der Waals surface area contributed by atoms with Gasteiger partial charge in [-0.25, -0.2) is 22.5 Å². The molecule has 1 spiro atoms. The zero-order valence-corrected chi connectivity index (χ0v) is 44.1. The van der Waals surface area contributed by atoms with Gasteiger partial charge in [-0.05, 0) is 115 Å². The molecule has 2 amide bonds. The van der Waals surface area contributed by atoms with Crippen molar-refractivity contribution in [2.24, 2.45) is 28.6 Å². The Balaban J connectivity index is 0.000000171. The predicted octanol–water partition coefficient (Wildman–Crippen LogP) is 9.80. The molecule has 4 aliphatic rings. The summed E-state index contributed by atoms with van der Waals surface area (Å²) in [6, 6.07) is 56.2. The molecule has 0 radical (unpaired) electrons. The van der Waals surface area contributed by atoms with E-state index in [0.717, 1.165) is 57.8 Å². The molecule has 2 saturated heterocycles. The maximum atomic E-state index is 14.3. The summed E-state index contributed by atoms with van der Waals surface area (Å²) in [4.78, 5) is 45.1. The van der Waals surface area contributed by atoms with E-state index in [0.29, 0.717) is 49.3 Å². The Labute approximate surface area is 439 Å². The van der Waals surface area contributed by atoms with E-state index < -0.39 is 34.9 Å². The van der Waals surface area contributed by atoms with Crippen LogP contribution in [0.1, 0.15) is 50.1 Å². The number of hydrogen-bond acceptors (Lipinski definition) is 9. The van der Waals surface area contributed by atoms with Gasteiger partial charge in [0.15, 0.2) is 0 Å². The Hall–Kier alpha value is -7.21. The van der Waals surface area contributed by atoms with Gasteiger partial charge in [0.05, 0.1) is 30.0 Å². The number of likely N-dealkylation sites (tertiary alicyclic amines) is 1. The molecular formula is C61H62N3O9PS. The predicted molar refractivity (Wildman–Crippen MR) is 294 cm³/mol. The molecular weight excluding hydrogens is 982 g/mol. The summed E-state index contributed by atoms with van der Waals surface area (Å²) >= 11 is 0. The minimum atomic E-state index is -3.71. The Kier molecular flexibility index (Phi) is 14.5. The average molecular weight is 1040 g/mol. The number of carbonyl (C=O) groups is 3. The van der Waals surface area contributed by atoms with Crippen LogP contribution in [0.3, 0.4) is 0 Å². The maximum Gasteiger partial charge on any atom is 0.415 e. The number of carboxylic acids is 1. The van der Waals surface area contributed by atoms with E-state index in [4.69, 9.17) is 13.9 Å². The zero-order valence-electron chi connectivity index (χ0n) is 42.4. The van der Waals surface area contributed by atoms with Crippen LogP contribution in [0.4, 0.5) is 4.79 Å². The van der Waals surface area contributed by atoms with E-state index in [-0.39, 0.29) is 41.0 Å². The number of para-hydroxylation sites is 1. The van der Waals surface area contributed by atoms with Gasteiger partial charge in [-0.3, -0.25) is 9.59 Å². The summed E-state index contributed by atoms with van der Waals surface area (Å²) in [5.74, 6) is 2.61. The van der Waals surface area contributed by atoms with Crippen molar-refractivity contribution < 1.29 is 41.8 Å². The molecule has 4 fully saturated rings. The topological polar surface area (TPSA) is 157 Å². The molecule has 2 bridgehead atoms. The van der Waals surface area contributed by atoms with E-state index in [1.54, 1.807) is 30.1 Å². The number of aryl methyl sites for hydroxylation is 1. The summed E-state index contributed by atoms with van der Waals surface area (Å²) in [6.45, 7) is 4.59. The van der Waals surface area contributed by atoms with Crippen LogP contribution in [0, 0.1) is 35.5 Å². The zero-order chi connectivity index (χ0) is 52.4. The Morgan fingerprint density at radius 3 is 1.93 bits per heavy atom. The Morgan fingerprint density at radius 2 is 1.35 bits per heavy atom. The number of aromatic nitrogens is 1. The molecule has 2 saturated carbocycles. The van der Waals surface area contributed by atoms with Gasteiger partial charge in [-0.1, -0.05) is 153 Å². The average Bonchev–Trinajstić information content (AvgIpc) is 4.36. The number of carboxylic acid groups (broad SMARTS) is 1. The quantitative estimate of drug-likeness (QED) is 0.110. The number of aliphatic carboxylic acids is 1. The van der Waals surface area contributed by atoms with Gasteiger partial charge >= 0.3 is 12.1 Å². The summed E-state index contributed by atoms with van der Waals surface area (Å²) < 4.78 is 45.9. The highest BCUT2D eigenvalue weighted by molar-refractivity contribution is 7.95. The lowest BCUT2D eigenvalue weighted by atomic mass is 9.69. The third-order valence-electron chi connectivity index (χ3n) is 16.3. The van der Waals surface area contributed by atoms with Gasteiger partial charge in [0.1, 0.15) is 17.3 Å². The largest absolute Gasteiger partial charge is 0.493 e. The van der Waals surface area contributed by atoms with Crippen LogP contribution in [0.5, 0.6) is 11.5 Å². The first-order chi connectivity index (χ1) is 36.2. The normalized spacial score (nSPS) is 21.9. The molecule has 3 heterocycles. The number of fused-ring (bicyclic) bond motifs is 1. The molecule has 1 N–H and O–H groups in total. The van der Waals surface area contributed by atoms with Crippen molar-refractivity contribution in [3.63, 3.8) is 0 Å². The highest BCUT2D eigenvalue weighted by Crippen LogP contribution is 2.70. The van der Waals surface area contributed by atoms with Crippen molar-refractivity contribution in [3.8, 4) is 23.0 Å². The molecule has 2 unspecified atom stereocenters. The number of rotatable bonds is 13.